The van der Waals surface area contributed by atoms with Gasteiger partial charge in [0.25, 0.3) is 5.91 Å². The molecule has 1 aromatic heterocycles. The number of unbranched alkanes of at least 4 members (excludes halogenated alkanes) is 6. The van der Waals surface area contributed by atoms with Gasteiger partial charge < -0.3 is 111 Å². The number of amides is 15. The van der Waals surface area contributed by atoms with E-state index in [2.05, 4.69) is 70.4 Å². The number of carboxylic acid groups (broad SMARTS) is 3. The van der Waals surface area contributed by atoms with E-state index in [4.69, 9.17) is 21.9 Å². The van der Waals surface area contributed by atoms with Crippen LogP contribution in [0.15, 0.2) is 54.7 Å². The second-order valence-corrected chi connectivity index (χ2v) is 27.5. The number of anilines is 1. The standard InChI is InChI=1S/C72H99N17O25/c1-5-6-7-8-9-10-11-22-53(93)80-44(25-38-31-76-42-20-15-13-17-39(38)42)65(106)82-45(27-52(75)92)66(107)84-47(30-59(101)102)67(108)88-61-37(4)114-72(113)49(26-51(91)40-18-12-14-19-41(40)74)86-70(111)60(35(2)24-57(97)98)87-68(109)50(34-90)81-55(95)33-89-56(96)28-48(71(89)112)85-62(103)36(3)78-64(105)46(29-58(99)100)83-63(104)43(21-16-23-73)79-54(94)32-77-69(61)110/h12-15,17-20,31,35-37,43-50,60-61,76,90H,5-11,16,21-30,32-34,73-74H2,1-4H3,(H2,75,92)(H,77,110)(H,78,105)(H,79,94)(H,80,93)(H,81,95)(H,82,106)(H,83,104)(H,84,107)(H,85,103)(H,86,111)(H,87,109)(H,88,108)(H,97,98)(H,99,100)(H,101,102)/t35-,36+,37?,43+,44-,45-,46-,47-,48?,49-,50-,60-,61?/m0/s1. The van der Waals surface area contributed by atoms with Crippen molar-refractivity contribution in [2.75, 3.05) is 32.0 Å². The molecular formula is C72H99N17O25. The van der Waals surface area contributed by atoms with Crippen molar-refractivity contribution < 1.29 is 121 Å². The molecule has 3 heterocycles. The number of aliphatic hydroxyl groups excluding tert-OH is 1. The minimum absolute atomic E-state index is 0.0141. The third-order valence-corrected chi connectivity index (χ3v) is 18.3. The Labute approximate surface area is 651 Å². The molecule has 42 heteroatoms. The lowest BCUT2D eigenvalue weighted by Gasteiger charge is -2.30. The second-order valence-electron chi connectivity index (χ2n) is 27.5. The number of carboxylic acids is 3. The van der Waals surface area contributed by atoms with E-state index in [0.717, 1.165) is 52.9 Å². The summed E-state index contributed by atoms with van der Waals surface area (Å²) < 4.78 is 5.69. The number of nitrogen functional groups attached to an aromatic ring is 1. The Bertz CT molecular complexity index is 4080. The fraction of sp³-hybridized carbons (Fsp3) is 0.528. The maximum absolute atomic E-state index is 14.8. The molecular weight excluding hydrogens is 1500 g/mol. The number of cyclic esters (lactones) is 1. The number of hydrogen-bond acceptors (Lipinski definition) is 24. The Hall–Kier alpha value is -12.5. The van der Waals surface area contributed by atoms with Crippen LogP contribution in [-0.2, 0) is 102 Å². The van der Waals surface area contributed by atoms with Gasteiger partial charge in [-0.2, -0.15) is 0 Å². The summed E-state index contributed by atoms with van der Waals surface area (Å²) >= 11 is 0. The number of H-pyrrole nitrogens is 1. The molecule has 2 aromatic carbocycles. The maximum Gasteiger partial charge on any atom is 0.329 e. The van der Waals surface area contributed by atoms with Crippen LogP contribution in [0, 0.1) is 5.92 Å². The molecule has 2 aliphatic heterocycles. The number of carbonyl (C=O) groups is 20. The van der Waals surface area contributed by atoms with Crippen molar-refractivity contribution in [2.45, 2.75) is 209 Å². The number of primary amides is 1. The van der Waals surface area contributed by atoms with E-state index in [1.807, 2.05) is 5.32 Å². The first kappa shape index (κ1) is 92.1. The minimum Gasteiger partial charge on any atom is -0.481 e. The van der Waals surface area contributed by atoms with Crippen LogP contribution in [0.2, 0.25) is 0 Å². The van der Waals surface area contributed by atoms with Crippen LogP contribution in [0.25, 0.3) is 10.9 Å². The Morgan fingerprint density at radius 2 is 1.22 bits per heavy atom. The fourth-order valence-electron chi connectivity index (χ4n) is 12.2. The third-order valence-electron chi connectivity index (χ3n) is 18.3. The number of esters is 1. The van der Waals surface area contributed by atoms with E-state index in [9.17, 15) is 116 Å². The number of ketones is 1. The highest BCUT2D eigenvalue weighted by molar-refractivity contribution is 6.10. The summed E-state index contributed by atoms with van der Waals surface area (Å²) in [5.41, 5.74) is 18.1. The highest BCUT2D eigenvalue weighted by atomic mass is 16.5. The van der Waals surface area contributed by atoms with E-state index < -0.39 is 255 Å². The average Bonchev–Trinajstić information content (AvgIpc) is 1.73. The van der Waals surface area contributed by atoms with Gasteiger partial charge in [0, 0.05) is 47.6 Å². The van der Waals surface area contributed by atoms with E-state index in [1.54, 1.807) is 30.5 Å². The molecule has 2 aliphatic rings. The zero-order valence-corrected chi connectivity index (χ0v) is 63.1. The molecule has 0 radical (unpaired) electrons. The summed E-state index contributed by atoms with van der Waals surface area (Å²) in [6.07, 6.45) is -1.75. The van der Waals surface area contributed by atoms with Crippen molar-refractivity contribution >= 4 is 135 Å². The number of ether oxygens (including phenoxy) is 1. The number of hydrogen-bond donors (Lipinski definition) is 20. The first-order chi connectivity index (χ1) is 53.9. The Kier molecular flexibility index (Phi) is 36.5. The first-order valence-electron chi connectivity index (χ1n) is 36.8. The Morgan fingerprint density at radius 3 is 1.86 bits per heavy atom. The number of carbonyl (C=O) groups excluding carboxylic acids is 17. The average molecular weight is 1600 g/mol. The largest absolute Gasteiger partial charge is 0.481 e. The number of aliphatic hydroxyl groups is 1. The number of aliphatic carboxylic acids is 3. The molecule has 23 N–H and O–H groups in total. The number of nitrogens with one attached hydrogen (secondary N) is 13. The molecule has 622 valence electrons. The lowest BCUT2D eigenvalue weighted by molar-refractivity contribution is -0.156. The second kappa shape index (κ2) is 45.1. The van der Waals surface area contributed by atoms with Crippen molar-refractivity contribution in [2.24, 2.45) is 17.4 Å². The molecule has 13 atom stereocenters. The van der Waals surface area contributed by atoms with E-state index in [0.29, 0.717) is 34.2 Å². The fourth-order valence-corrected chi connectivity index (χ4v) is 12.2. The zero-order chi connectivity index (χ0) is 84.6. The van der Waals surface area contributed by atoms with Crippen LogP contribution in [0.4, 0.5) is 5.69 Å². The van der Waals surface area contributed by atoms with E-state index >= 15 is 0 Å². The van der Waals surface area contributed by atoms with Gasteiger partial charge in [-0.05, 0) is 69.3 Å². The Balaban J connectivity index is 1.59. The van der Waals surface area contributed by atoms with Gasteiger partial charge >= 0.3 is 23.9 Å². The molecule has 15 amide bonds. The summed E-state index contributed by atoms with van der Waals surface area (Å²) in [5.74, 6) is -28.5. The maximum atomic E-state index is 14.8. The highest BCUT2D eigenvalue weighted by Crippen LogP contribution is 2.22. The molecule has 0 spiro atoms. The molecule has 42 nitrogen and oxygen atoms in total. The van der Waals surface area contributed by atoms with Gasteiger partial charge in [0.2, 0.25) is 82.7 Å². The predicted molar refractivity (Wildman–Crippen MR) is 396 cm³/mol. The van der Waals surface area contributed by atoms with Gasteiger partial charge in [-0.15, -0.1) is 0 Å². The number of Topliss-reactive ketones (excluding diaryl/α,β-unsaturated/α-hetero) is 1. The zero-order valence-electron chi connectivity index (χ0n) is 63.1. The summed E-state index contributed by atoms with van der Waals surface area (Å²) in [6.45, 7) is 1.23. The van der Waals surface area contributed by atoms with Crippen LogP contribution in [0.1, 0.15) is 146 Å². The van der Waals surface area contributed by atoms with Crippen LogP contribution < -0.4 is 81.0 Å². The lowest BCUT2D eigenvalue weighted by Crippen LogP contribution is -2.62. The van der Waals surface area contributed by atoms with Crippen LogP contribution in [0.5, 0.6) is 0 Å². The number of rotatable bonds is 33. The highest BCUT2D eigenvalue weighted by Gasteiger charge is 2.44. The summed E-state index contributed by atoms with van der Waals surface area (Å²) in [6, 6.07) is -9.90. The molecule has 2 fully saturated rings. The number of imide groups is 1. The quantitative estimate of drug-likeness (QED) is 0.00889. The number of aromatic nitrogens is 1. The van der Waals surface area contributed by atoms with Gasteiger partial charge in [0.05, 0.1) is 45.3 Å². The molecule has 0 saturated carbocycles. The van der Waals surface area contributed by atoms with Gasteiger partial charge in [-0.25, -0.2) is 4.79 Å². The SMILES string of the molecule is CCCCCCCCCC(=O)N[C@@H](Cc1c[nH]c2ccccc12)C(=O)N[C@@H](CC(N)=O)C(=O)N[C@@H](CC(=O)O)C(=O)NC1C(=O)NCC(=O)N[C@H](CCCN)C(=O)N[C@@H](CC(=O)O)C(=O)N[C@H](C)C(=O)NC2CC(=O)N(CC(=O)N[C@@H](CO)C(=O)N[C@@H]([C@@H](C)CC(=O)O)C(=O)N[C@@H](CC(=O)c3ccccc3N)C(=O)OC1C)C2=O. The summed E-state index contributed by atoms with van der Waals surface area (Å²) in [4.78, 5) is 278. The molecule has 5 rings (SSSR count). The number of nitrogens with two attached hydrogens (primary N) is 3. The number of benzene rings is 2. The summed E-state index contributed by atoms with van der Waals surface area (Å²) in [7, 11) is 0. The van der Waals surface area contributed by atoms with E-state index in [1.165, 1.54) is 24.3 Å². The van der Waals surface area contributed by atoms with Gasteiger partial charge in [-0.1, -0.05) is 82.7 Å². The molecule has 0 aliphatic carbocycles. The molecule has 114 heavy (non-hydrogen) atoms. The van der Waals surface area contributed by atoms with Gasteiger partial charge in [0.15, 0.2) is 5.78 Å². The predicted octanol–water partition coefficient (Wildman–Crippen LogP) is -5.45. The first-order valence-corrected chi connectivity index (χ1v) is 36.8. The summed E-state index contributed by atoms with van der Waals surface area (Å²) in [5, 5.41) is 67.5. The normalized spacial score (nSPS) is 21.8. The topological polar surface area (TPSA) is 673 Å². The number of fused-ring (bicyclic) bond motifs is 3. The minimum atomic E-state index is -2.44. The molecule has 2 bridgehead atoms. The molecule has 3 unspecified atom stereocenters. The van der Waals surface area contributed by atoms with Gasteiger partial charge in [0.1, 0.15) is 79.1 Å². The van der Waals surface area contributed by atoms with Crippen molar-refractivity contribution in [1.29, 1.82) is 0 Å². The van der Waals surface area contributed by atoms with E-state index in [-0.39, 0.29) is 43.5 Å². The number of para-hydroxylation sites is 2. The van der Waals surface area contributed by atoms with Gasteiger partial charge in [-0.3, -0.25) is 96.0 Å². The molecule has 2 saturated heterocycles. The smallest absolute Gasteiger partial charge is 0.329 e. The van der Waals surface area contributed by atoms with Crippen LogP contribution in [-0.4, -0.2) is 247 Å². The van der Waals surface area contributed by atoms with Crippen molar-refractivity contribution in [3.8, 4) is 0 Å². The third kappa shape index (κ3) is 29.0. The number of nitrogens with zero attached hydrogens (tertiary/aromatic N) is 1. The van der Waals surface area contributed by atoms with Crippen LogP contribution in [0.3, 0.4) is 0 Å². The monoisotopic (exact) mass is 1600 g/mol. The Morgan fingerprint density at radius 1 is 0.614 bits per heavy atom. The van der Waals surface area contributed by atoms with Crippen molar-refractivity contribution in [3.05, 3.63) is 65.9 Å². The van der Waals surface area contributed by atoms with Crippen LogP contribution >= 0.6 is 0 Å². The molecule has 3 aromatic rings. The number of aromatic amines is 1. The van der Waals surface area contributed by atoms with Crippen molar-refractivity contribution in [1.82, 2.24) is 73.7 Å². The van der Waals surface area contributed by atoms with Crippen molar-refractivity contribution in [3.63, 3.8) is 0 Å². The lowest BCUT2D eigenvalue weighted by atomic mass is 9.96.